The van der Waals surface area contributed by atoms with Crippen molar-refractivity contribution in [2.75, 3.05) is 26.4 Å². The molecule has 0 rings (SSSR count). The van der Waals surface area contributed by atoms with E-state index in [1.54, 1.807) is 0 Å². The van der Waals surface area contributed by atoms with Gasteiger partial charge in [0.05, 0.1) is 19.8 Å². The van der Waals surface area contributed by atoms with E-state index in [0.717, 1.165) is 77.0 Å². The van der Waals surface area contributed by atoms with Gasteiger partial charge in [0.1, 0.15) is 12.7 Å². The van der Waals surface area contributed by atoms with Crippen LogP contribution in [-0.2, 0) is 42.2 Å². The summed E-state index contributed by atoms with van der Waals surface area (Å²) in [5.41, 5.74) is 0. The third-order valence-electron chi connectivity index (χ3n) is 13.7. The largest absolute Gasteiger partial charge is 0.472 e. The number of aliphatic hydroxyl groups excluding tert-OH is 1. The minimum atomic E-state index is -4.74. The highest BCUT2D eigenvalue weighted by atomic mass is 31.2. The Morgan fingerprint density at radius 2 is 0.639 bits per heavy atom. The Morgan fingerprint density at radius 1 is 0.375 bits per heavy atom. The standard InChI is InChI=1S/C60H115O11P/c1-4-7-10-13-16-19-22-25-27-28-30-33-36-39-42-45-48-51-60(64)71-57(53-67-58(62)49-46-43-40-37-34-32-29-26-23-20-17-14-11-8-5-2)55-69-72(65,66)68-54-56(52-61)70-59(63)50-47-44-41-38-35-31-24-21-18-15-12-9-6-3/h26,29,56-57,61H,4-25,27-28,30-55H2,1-3H3,(H,65,66)/b29-26-. The molecule has 0 aliphatic heterocycles. The van der Waals surface area contributed by atoms with Crippen LogP contribution in [0.15, 0.2) is 12.2 Å². The zero-order valence-corrected chi connectivity index (χ0v) is 48.1. The lowest BCUT2D eigenvalue weighted by Gasteiger charge is -2.21. The molecule has 0 heterocycles. The number of allylic oxidation sites excluding steroid dienone is 2. The molecule has 0 saturated carbocycles. The van der Waals surface area contributed by atoms with E-state index in [1.807, 2.05) is 0 Å². The summed E-state index contributed by atoms with van der Waals surface area (Å²) in [7, 11) is -4.74. The first-order chi connectivity index (χ1) is 35.2. The molecule has 0 spiro atoms. The Balaban J connectivity index is 4.67. The van der Waals surface area contributed by atoms with Gasteiger partial charge in [0, 0.05) is 19.3 Å². The lowest BCUT2D eigenvalue weighted by molar-refractivity contribution is -0.161. The van der Waals surface area contributed by atoms with Crippen LogP contribution in [0.4, 0.5) is 0 Å². The molecular weight excluding hydrogens is 928 g/mol. The summed E-state index contributed by atoms with van der Waals surface area (Å²) in [6.45, 7) is 4.70. The first-order valence-electron chi connectivity index (χ1n) is 30.6. The van der Waals surface area contributed by atoms with E-state index in [2.05, 4.69) is 32.9 Å². The van der Waals surface area contributed by atoms with Gasteiger partial charge in [-0.05, 0) is 44.9 Å². The molecule has 0 amide bonds. The molecule has 0 bridgehead atoms. The van der Waals surface area contributed by atoms with Crippen molar-refractivity contribution in [3.63, 3.8) is 0 Å². The van der Waals surface area contributed by atoms with Gasteiger partial charge in [0.15, 0.2) is 6.10 Å². The van der Waals surface area contributed by atoms with Crippen LogP contribution in [0.25, 0.3) is 0 Å². The second kappa shape index (κ2) is 55.5. The third kappa shape index (κ3) is 53.1. The molecule has 426 valence electrons. The predicted octanol–water partition coefficient (Wildman–Crippen LogP) is 18.0. The minimum absolute atomic E-state index is 0.175. The van der Waals surface area contributed by atoms with Crippen LogP contribution in [0, 0.1) is 0 Å². The second-order valence-electron chi connectivity index (χ2n) is 20.9. The molecule has 0 aromatic carbocycles. The Labute approximate surface area is 443 Å². The van der Waals surface area contributed by atoms with Gasteiger partial charge < -0.3 is 24.2 Å². The number of rotatable bonds is 58. The molecule has 0 radical (unpaired) electrons. The van der Waals surface area contributed by atoms with Crippen molar-refractivity contribution in [3.05, 3.63) is 12.2 Å². The summed E-state index contributed by atoms with van der Waals surface area (Å²) in [4.78, 5) is 48.6. The molecule has 2 N–H and O–H groups in total. The summed E-state index contributed by atoms with van der Waals surface area (Å²) >= 11 is 0. The normalized spacial score (nSPS) is 13.3. The number of hydrogen-bond donors (Lipinski definition) is 2. The van der Waals surface area contributed by atoms with E-state index in [0.29, 0.717) is 19.3 Å². The highest BCUT2D eigenvalue weighted by Crippen LogP contribution is 2.43. The van der Waals surface area contributed by atoms with E-state index < -0.39 is 57.8 Å². The van der Waals surface area contributed by atoms with E-state index in [9.17, 15) is 28.9 Å². The average molecular weight is 1040 g/mol. The van der Waals surface area contributed by atoms with Crippen LogP contribution < -0.4 is 0 Å². The molecule has 3 atom stereocenters. The van der Waals surface area contributed by atoms with Gasteiger partial charge in [-0.25, -0.2) is 4.57 Å². The molecule has 0 saturated heterocycles. The maximum absolute atomic E-state index is 12.9. The van der Waals surface area contributed by atoms with Crippen molar-refractivity contribution in [1.82, 2.24) is 0 Å². The Bertz CT molecular complexity index is 1260. The van der Waals surface area contributed by atoms with Crippen molar-refractivity contribution < 1.29 is 52.2 Å². The maximum atomic E-state index is 12.9. The molecule has 0 aliphatic rings. The van der Waals surface area contributed by atoms with Crippen LogP contribution in [-0.4, -0.2) is 66.5 Å². The van der Waals surface area contributed by atoms with Gasteiger partial charge in [-0.2, -0.15) is 0 Å². The van der Waals surface area contributed by atoms with E-state index >= 15 is 0 Å². The number of phosphoric acid groups is 1. The molecule has 0 aromatic heterocycles. The van der Waals surface area contributed by atoms with Gasteiger partial charge in [-0.1, -0.05) is 264 Å². The van der Waals surface area contributed by atoms with Gasteiger partial charge in [0.25, 0.3) is 0 Å². The fraction of sp³-hybridized carbons (Fsp3) is 0.917. The highest BCUT2D eigenvalue weighted by molar-refractivity contribution is 7.47. The van der Waals surface area contributed by atoms with E-state index in [4.69, 9.17) is 23.3 Å². The second-order valence-corrected chi connectivity index (χ2v) is 22.3. The summed E-state index contributed by atoms with van der Waals surface area (Å²) in [6.07, 6.45) is 54.5. The Hall–Kier alpha value is -1.78. The van der Waals surface area contributed by atoms with Crippen LogP contribution in [0.2, 0.25) is 0 Å². The lowest BCUT2D eigenvalue weighted by atomic mass is 10.0. The number of hydrogen-bond acceptors (Lipinski definition) is 10. The van der Waals surface area contributed by atoms with Crippen molar-refractivity contribution in [2.45, 2.75) is 328 Å². The Kier molecular flexibility index (Phi) is 54.1. The number of carbonyl (C=O) groups is 3. The molecule has 0 fully saturated rings. The summed E-state index contributed by atoms with van der Waals surface area (Å²) in [5.74, 6) is -1.44. The molecule has 0 aliphatic carbocycles. The molecule has 0 aromatic rings. The number of aliphatic hydroxyl groups is 1. The first-order valence-corrected chi connectivity index (χ1v) is 32.1. The summed E-state index contributed by atoms with van der Waals surface area (Å²) < 4.78 is 39.6. The van der Waals surface area contributed by atoms with Gasteiger partial charge >= 0.3 is 25.7 Å². The first kappa shape index (κ1) is 70.2. The molecular formula is C60H115O11P. The molecule has 3 unspecified atom stereocenters. The zero-order valence-electron chi connectivity index (χ0n) is 47.2. The third-order valence-corrected chi connectivity index (χ3v) is 14.6. The molecule has 72 heavy (non-hydrogen) atoms. The maximum Gasteiger partial charge on any atom is 0.472 e. The van der Waals surface area contributed by atoms with Crippen LogP contribution in [0.3, 0.4) is 0 Å². The number of unbranched alkanes of at least 4 members (excludes halogenated alkanes) is 39. The van der Waals surface area contributed by atoms with Crippen LogP contribution in [0.1, 0.15) is 316 Å². The fourth-order valence-electron chi connectivity index (χ4n) is 9.00. The smallest absolute Gasteiger partial charge is 0.462 e. The van der Waals surface area contributed by atoms with Gasteiger partial charge in [0.2, 0.25) is 0 Å². The van der Waals surface area contributed by atoms with Crippen molar-refractivity contribution in [3.8, 4) is 0 Å². The number of esters is 3. The monoisotopic (exact) mass is 1040 g/mol. The van der Waals surface area contributed by atoms with Crippen molar-refractivity contribution in [2.24, 2.45) is 0 Å². The topological polar surface area (TPSA) is 155 Å². The zero-order chi connectivity index (χ0) is 52.7. The fourth-order valence-corrected chi connectivity index (χ4v) is 9.78. The van der Waals surface area contributed by atoms with Crippen LogP contribution in [0.5, 0.6) is 0 Å². The van der Waals surface area contributed by atoms with Gasteiger partial charge in [-0.15, -0.1) is 0 Å². The van der Waals surface area contributed by atoms with E-state index in [1.165, 1.54) is 180 Å². The van der Waals surface area contributed by atoms with Crippen molar-refractivity contribution in [1.29, 1.82) is 0 Å². The number of phosphoric ester groups is 1. The lowest BCUT2D eigenvalue weighted by Crippen LogP contribution is -2.30. The SMILES string of the molecule is CCCCCCCC/C=C\CCCCCCCC(=O)OCC(COP(=O)(O)OCC(CO)OC(=O)CCCCCCCCCCCCCCC)OC(=O)CCCCCCCCCCCCCCCCCCC. The Morgan fingerprint density at radius 3 is 0.958 bits per heavy atom. The van der Waals surface area contributed by atoms with Gasteiger partial charge in [-0.3, -0.25) is 23.4 Å². The van der Waals surface area contributed by atoms with E-state index in [-0.39, 0.29) is 25.9 Å². The summed E-state index contributed by atoms with van der Waals surface area (Å²) in [5, 5.41) is 9.82. The van der Waals surface area contributed by atoms with Crippen LogP contribution >= 0.6 is 7.82 Å². The summed E-state index contributed by atoms with van der Waals surface area (Å²) in [6, 6.07) is 0. The van der Waals surface area contributed by atoms with Crippen molar-refractivity contribution >= 4 is 25.7 Å². The number of ether oxygens (including phenoxy) is 3. The number of carbonyl (C=O) groups excluding carboxylic acids is 3. The predicted molar refractivity (Wildman–Crippen MR) is 298 cm³/mol. The quantitative estimate of drug-likeness (QED) is 0.0197. The average Bonchev–Trinajstić information content (AvgIpc) is 3.37. The minimum Gasteiger partial charge on any atom is -0.462 e. The highest BCUT2D eigenvalue weighted by Gasteiger charge is 2.28. The molecule has 11 nitrogen and oxygen atoms in total. The molecule has 12 heteroatoms.